The molecule has 0 radical (unpaired) electrons. The van der Waals surface area contributed by atoms with Gasteiger partial charge in [-0.15, -0.1) is 0 Å². The van der Waals surface area contributed by atoms with Crippen molar-refractivity contribution < 1.29 is 23.8 Å². The number of carboxylic acids is 1. The van der Waals surface area contributed by atoms with Gasteiger partial charge >= 0.3 is 5.97 Å². The predicted molar refractivity (Wildman–Crippen MR) is 75.6 cm³/mol. The van der Waals surface area contributed by atoms with Crippen molar-refractivity contribution in [2.75, 3.05) is 6.61 Å². The molecule has 2 N–H and O–H groups in total. The Morgan fingerprint density at radius 3 is 2.57 bits per heavy atom. The number of carbonyl (C=O) groups is 2. The Labute approximate surface area is 123 Å². The van der Waals surface area contributed by atoms with Crippen LogP contribution in [0.3, 0.4) is 0 Å². The maximum absolute atomic E-state index is 12.7. The molecule has 0 saturated heterocycles. The Kier molecular flexibility index (Phi) is 7.21. The van der Waals surface area contributed by atoms with Crippen molar-refractivity contribution in [2.45, 2.75) is 38.6 Å². The maximum Gasteiger partial charge on any atom is 0.326 e. The lowest BCUT2D eigenvalue weighted by Crippen LogP contribution is -2.40. The minimum absolute atomic E-state index is 0.189. The van der Waals surface area contributed by atoms with E-state index in [2.05, 4.69) is 5.32 Å². The maximum atomic E-state index is 12.7. The average molecular weight is 297 g/mol. The van der Waals surface area contributed by atoms with Crippen LogP contribution in [0.4, 0.5) is 4.39 Å². The zero-order valence-electron chi connectivity index (χ0n) is 12.0. The molecule has 0 saturated carbocycles. The van der Waals surface area contributed by atoms with Gasteiger partial charge in [-0.25, -0.2) is 9.18 Å². The Morgan fingerprint density at radius 1 is 1.33 bits per heavy atom. The van der Waals surface area contributed by atoms with Gasteiger partial charge in [-0.3, -0.25) is 4.79 Å². The molecule has 0 aliphatic heterocycles. The van der Waals surface area contributed by atoms with Crippen molar-refractivity contribution in [1.29, 1.82) is 0 Å². The van der Waals surface area contributed by atoms with Crippen molar-refractivity contribution in [1.82, 2.24) is 5.32 Å². The average Bonchev–Trinajstić information content (AvgIpc) is 2.45. The van der Waals surface area contributed by atoms with E-state index in [0.717, 1.165) is 0 Å². The van der Waals surface area contributed by atoms with Crippen LogP contribution in [-0.2, 0) is 9.59 Å². The molecule has 5 nitrogen and oxygen atoms in total. The minimum atomic E-state index is -1.02. The van der Waals surface area contributed by atoms with Crippen molar-refractivity contribution in [2.24, 2.45) is 0 Å². The van der Waals surface area contributed by atoms with Crippen LogP contribution < -0.4 is 10.1 Å². The van der Waals surface area contributed by atoms with E-state index in [0.29, 0.717) is 31.6 Å². The smallest absolute Gasteiger partial charge is 0.326 e. The van der Waals surface area contributed by atoms with Crippen LogP contribution in [0.2, 0.25) is 0 Å². The number of hydrogen-bond donors (Lipinski definition) is 2. The Morgan fingerprint density at radius 2 is 2.00 bits per heavy atom. The van der Waals surface area contributed by atoms with E-state index in [9.17, 15) is 14.0 Å². The van der Waals surface area contributed by atoms with Gasteiger partial charge in [0.25, 0.3) is 0 Å². The lowest BCUT2D eigenvalue weighted by Gasteiger charge is -2.13. The minimum Gasteiger partial charge on any atom is -0.494 e. The number of aliphatic carboxylic acids is 1. The van der Waals surface area contributed by atoms with Gasteiger partial charge in [0.2, 0.25) is 5.91 Å². The third-order valence-corrected chi connectivity index (χ3v) is 2.84. The Balaban J connectivity index is 2.23. The molecule has 116 valence electrons. The summed E-state index contributed by atoms with van der Waals surface area (Å²) in [7, 11) is 0. The largest absolute Gasteiger partial charge is 0.494 e. The zero-order valence-corrected chi connectivity index (χ0v) is 12.0. The van der Waals surface area contributed by atoms with E-state index in [1.807, 2.05) is 6.92 Å². The molecule has 0 spiro atoms. The SMILES string of the molecule is CCCC(NC(=O)CCCOc1ccc(F)cc1)C(=O)O. The number of ether oxygens (including phenoxy) is 1. The van der Waals surface area contributed by atoms with Gasteiger partial charge in [0.15, 0.2) is 0 Å². The molecule has 0 aliphatic rings. The molecule has 1 aromatic carbocycles. The van der Waals surface area contributed by atoms with Gasteiger partial charge < -0.3 is 15.2 Å². The van der Waals surface area contributed by atoms with Crippen LogP contribution in [0.25, 0.3) is 0 Å². The molecule has 0 bridgehead atoms. The van der Waals surface area contributed by atoms with E-state index in [4.69, 9.17) is 9.84 Å². The van der Waals surface area contributed by atoms with Crippen molar-refractivity contribution in [3.63, 3.8) is 0 Å². The van der Waals surface area contributed by atoms with Crippen molar-refractivity contribution in [3.8, 4) is 5.75 Å². The van der Waals surface area contributed by atoms with Crippen LogP contribution in [0.5, 0.6) is 5.75 Å². The fourth-order valence-electron chi connectivity index (χ4n) is 1.77. The van der Waals surface area contributed by atoms with Gasteiger partial charge in [-0.1, -0.05) is 13.3 Å². The number of benzene rings is 1. The lowest BCUT2D eigenvalue weighted by atomic mass is 10.1. The molecule has 21 heavy (non-hydrogen) atoms. The summed E-state index contributed by atoms with van der Waals surface area (Å²) in [5, 5.41) is 11.4. The fourth-order valence-corrected chi connectivity index (χ4v) is 1.77. The van der Waals surface area contributed by atoms with Crippen molar-refractivity contribution >= 4 is 11.9 Å². The molecule has 1 atom stereocenters. The summed E-state index contributed by atoms with van der Waals surface area (Å²) >= 11 is 0. The second-order valence-electron chi connectivity index (χ2n) is 4.65. The third-order valence-electron chi connectivity index (χ3n) is 2.84. The van der Waals surface area contributed by atoms with Gasteiger partial charge in [-0.2, -0.15) is 0 Å². The summed E-state index contributed by atoms with van der Waals surface area (Å²) in [5.74, 6) is -1.13. The topological polar surface area (TPSA) is 75.6 Å². The summed E-state index contributed by atoms with van der Waals surface area (Å²) in [5.41, 5.74) is 0. The van der Waals surface area contributed by atoms with E-state index in [1.165, 1.54) is 24.3 Å². The second kappa shape index (κ2) is 8.94. The molecule has 0 aromatic heterocycles. The highest BCUT2D eigenvalue weighted by atomic mass is 19.1. The first-order chi connectivity index (χ1) is 10.0. The third kappa shape index (κ3) is 6.74. The number of rotatable bonds is 9. The lowest BCUT2D eigenvalue weighted by molar-refractivity contribution is -0.142. The van der Waals surface area contributed by atoms with Gasteiger partial charge in [0.1, 0.15) is 17.6 Å². The molecule has 0 fully saturated rings. The molecule has 1 unspecified atom stereocenters. The molecule has 1 amide bonds. The van der Waals surface area contributed by atoms with E-state index in [-0.39, 0.29) is 18.1 Å². The highest BCUT2D eigenvalue weighted by molar-refractivity contribution is 5.83. The molecule has 1 aromatic rings. The highest BCUT2D eigenvalue weighted by Gasteiger charge is 2.18. The second-order valence-corrected chi connectivity index (χ2v) is 4.65. The first kappa shape index (κ1) is 16.9. The number of halogens is 1. The molecular formula is C15H20FNO4. The van der Waals surface area contributed by atoms with E-state index in [1.54, 1.807) is 0 Å². The summed E-state index contributed by atoms with van der Waals surface area (Å²) in [6, 6.07) is 4.78. The van der Waals surface area contributed by atoms with Gasteiger partial charge in [0, 0.05) is 6.42 Å². The summed E-state index contributed by atoms with van der Waals surface area (Å²) in [6.07, 6.45) is 1.74. The van der Waals surface area contributed by atoms with Crippen molar-refractivity contribution in [3.05, 3.63) is 30.1 Å². The quantitative estimate of drug-likeness (QED) is 0.686. The number of carboxylic acid groups (broad SMARTS) is 1. The first-order valence-electron chi connectivity index (χ1n) is 6.93. The van der Waals surface area contributed by atoms with Crippen LogP contribution in [0, 0.1) is 5.82 Å². The first-order valence-corrected chi connectivity index (χ1v) is 6.93. The van der Waals surface area contributed by atoms with Crippen LogP contribution >= 0.6 is 0 Å². The molecule has 6 heteroatoms. The van der Waals surface area contributed by atoms with E-state index < -0.39 is 12.0 Å². The van der Waals surface area contributed by atoms with E-state index >= 15 is 0 Å². The van der Waals surface area contributed by atoms with Crippen LogP contribution in [0.1, 0.15) is 32.6 Å². The Hall–Kier alpha value is -2.11. The number of hydrogen-bond acceptors (Lipinski definition) is 3. The monoisotopic (exact) mass is 297 g/mol. The Bertz CT molecular complexity index is 461. The molecule has 1 rings (SSSR count). The molecule has 0 aliphatic carbocycles. The molecular weight excluding hydrogens is 277 g/mol. The summed E-state index contributed by atoms with van der Waals surface area (Å²) in [4.78, 5) is 22.5. The van der Waals surface area contributed by atoms with Gasteiger partial charge in [0.05, 0.1) is 6.61 Å². The van der Waals surface area contributed by atoms with Crippen LogP contribution in [-0.4, -0.2) is 29.6 Å². The number of nitrogens with one attached hydrogen (secondary N) is 1. The number of carbonyl (C=O) groups excluding carboxylic acids is 1. The summed E-state index contributed by atoms with van der Waals surface area (Å²) in [6.45, 7) is 2.17. The fraction of sp³-hybridized carbons (Fsp3) is 0.467. The number of amides is 1. The highest BCUT2D eigenvalue weighted by Crippen LogP contribution is 2.11. The van der Waals surface area contributed by atoms with Crippen LogP contribution in [0.15, 0.2) is 24.3 Å². The molecule has 0 heterocycles. The normalized spacial score (nSPS) is 11.7. The van der Waals surface area contributed by atoms with Gasteiger partial charge in [-0.05, 0) is 37.1 Å². The summed E-state index contributed by atoms with van der Waals surface area (Å²) < 4.78 is 18.0. The zero-order chi connectivity index (χ0) is 15.7. The predicted octanol–water partition coefficient (Wildman–Crippen LogP) is 2.35. The standard InChI is InChI=1S/C15H20FNO4/c1-2-4-13(15(19)20)17-14(18)5-3-10-21-12-8-6-11(16)7-9-12/h6-9,13H,2-5,10H2,1H3,(H,17,18)(H,19,20).